The highest BCUT2D eigenvalue weighted by Crippen LogP contribution is 2.54. The minimum absolute atomic E-state index is 0.0601. The van der Waals surface area contributed by atoms with Gasteiger partial charge in [0.2, 0.25) is 0 Å². The zero-order valence-corrected chi connectivity index (χ0v) is 47.4. The van der Waals surface area contributed by atoms with Gasteiger partial charge in [0, 0.05) is 70.6 Å². The molecule has 0 bridgehead atoms. The van der Waals surface area contributed by atoms with Crippen molar-refractivity contribution in [1.29, 1.82) is 0 Å². The third kappa shape index (κ3) is 10.5. The van der Waals surface area contributed by atoms with Gasteiger partial charge in [-0.05, 0) is 169 Å². The van der Waals surface area contributed by atoms with E-state index in [0.29, 0.717) is 63.1 Å². The number of hydrogen-bond donors (Lipinski definition) is 0. The molecule has 5 nitrogen and oxygen atoms in total. The Hall–Kier alpha value is -7.11. The molecule has 2 aliphatic rings. The van der Waals surface area contributed by atoms with E-state index in [1.807, 2.05) is 165 Å². The van der Waals surface area contributed by atoms with Crippen LogP contribution in [0, 0.1) is 10.8 Å². The molecule has 1 aliphatic carbocycles. The molecule has 1 aliphatic heterocycles. The van der Waals surface area contributed by atoms with Gasteiger partial charge in [0.25, 0.3) is 0 Å². The Balaban J connectivity index is 1.19. The summed E-state index contributed by atoms with van der Waals surface area (Å²) in [5, 5.41) is 1.85. The van der Waals surface area contributed by atoms with Gasteiger partial charge in [0.15, 0.2) is 0 Å². The lowest BCUT2D eigenvalue weighted by atomic mass is 9.63. The summed E-state index contributed by atoms with van der Waals surface area (Å²) in [7, 11) is 0. The predicted molar refractivity (Wildman–Crippen MR) is 337 cm³/mol. The number of ether oxygens (including phenoxy) is 1. The molecule has 9 aromatic rings. The van der Waals surface area contributed by atoms with Crippen LogP contribution in [-0.4, -0.2) is 16.2 Å². The van der Waals surface area contributed by atoms with Crippen LogP contribution in [0.5, 0.6) is 11.5 Å². The van der Waals surface area contributed by atoms with Crippen LogP contribution in [-0.2, 0) is 34.5 Å². The molecule has 7 aromatic carbocycles. The van der Waals surface area contributed by atoms with Crippen LogP contribution in [0.25, 0.3) is 49.9 Å². The van der Waals surface area contributed by atoms with Crippen molar-refractivity contribution < 1.29 is 33.5 Å². The molecule has 2 aromatic heterocycles. The van der Waals surface area contributed by atoms with E-state index >= 15 is 0 Å². The quantitative estimate of drug-likeness (QED) is 0.144. The maximum Gasteiger partial charge on any atom is 0.137 e. The number of benzene rings is 7. The lowest BCUT2D eigenvalue weighted by Gasteiger charge is -2.42. The molecule has 3 heterocycles. The number of rotatable bonds is 9. The third-order valence-electron chi connectivity index (χ3n) is 14.7. The second kappa shape index (κ2) is 19.3. The number of anilines is 4. The van der Waals surface area contributed by atoms with E-state index in [0.717, 1.165) is 32.9 Å². The van der Waals surface area contributed by atoms with E-state index in [1.54, 1.807) is 24.4 Å². The van der Waals surface area contributed by atoms with Gasteiger partial charge in [-0.25, -0.2) is 4.98 Å². The van der Waals surface area contributed by atoms with Crippen LogP contribution in [0.15, 0.2) is 158 Å². The van der Waals surface area contributed by atoms with E-state index < -0.39 is 108 Å². The van der Waals surface area contributed by atoms with Gasteiger partial charge >= 0.3 is 0 Å². The lowest BCUT2D eigenvalue weighted by molar-refractivity contribution is 0.332. The SMILES string of the molecule is [2H]c1c([2H])c2c(c([2H])c1-c1cc(CC(C)(C)C)cc(-c3ccc(C(C)(C)C)cc3C(C)(C)C)c1N1CN(c3cccc(Oc4ccc5c6ccccc6n(-c6cc(C([2H])([2H])C(C)(C)C)ccn6)c5c4)c3)c3ccccc31)C(C([2H])([2H])[2H])(C([2H])([2H])[2H])C([2H])([2H])C([2H])([2H])C2(C([2H])([2H])[2H])C([2H])([2H])[2H]. The number of para-hydroxylation sites is 3. The number of hydrogen-bond acceptors (Lipinski definition) is 4. The molecule has 0 spiro atoms. The van der Waals surface area contributed by atoms with Crippen molar-refractivity contribution >= 4 is 44.6 Å². The minimum atomic E-state index is -4.52. The van der Waals surface area contributed by atoms with Gasteiger partial charge < -0.3 is 14.5 Å². The van der Waals surface area contributed by atoms with Crippen molar-refractivity contribution in [2.45, 2.75) is 158 Å². The molecule has 5 heteroatoms. The van der Waals surface area contributed by atoms with Crippen molar-refractivity contribution in [3.63, 3.8) is 0 Å². The van der Waals surface area contributed by atoms with Gasteiger partial charge in [-0.2, -0.15) is 0 Å². The number of nitrogens with zero attached hydrogens (tertiary/aromatic N) is 4. The van der Waals surface area contributed by atoms with E-state index in [-0.39, 0.29) is 23.3 Å². The fourth-order valence-electron chi connectivity index (χ4n) is 11.2. The maximum absolute atomic E-state index is 10.6. The van der Waals surface area contributed by atoms with Gasteiger partial charge in [0.05, 0.1) is 32.2 Å². The monoisotopic (exact) mass is 1070 g/mol. The molecule has 0 radical (unpaired) electrons. The molecule has 0 fully saturated rings. The van der Waals surface area contributed by atoms with Gasteiger partial charge in [-0.3, -0.25) is 4.57 Å². The van der Waals surface area contributed by atoms with E-state index in [2.05, 4.69) is 47.6 Å². The highest BCUT2D eigenvalue weighted by atomic mass is 16.5. The minimum Gasteiger partial charge on any atom is -0.457 e. The first-order valence-corrected chi connectivity index (χ1v) is 27.1. The molecule has 11 rings (SSSR count). The Morgan fingerprint density at radius 1 is 0.595 bits per heavy atom. The van der Waals surface area contributed by atoms with Crippen LogP contribution >= 0.6 is 0 Å². The fraction of sp³-hybridized carbons (Fsp3) is 0.365. The first-order chi connectivity index (χ1) is 45.7. The van der Waals surface area contributed by atoms with E-state index in [4.69, 9.17) is 20.7 Å². The van der Waals surface area contributed by atoms with Gasteiger partial charge in [0.1, 0.15) is 24.0 Å². The molecule has 0 saturated carbocycles. The number of pyridine rings is 1. The molecule has 0 unspecified atom stereocenters. The fourth-order valence-corrected chi connectivity index (χ4v) is 11.2. The normalized spacial score (nSPS) is 21.4. The topological polar surface area (TPSA) is 33.5 Å². The number of aromatic nitrogens is 2. The Morgan fingerprint density at radius 2 is 1.28 bits per heavy atom. The van der Waals surface area contributed by atoms with Crippen molar-refractivity contribution in [3.05, 3.63) is 191 Å². The zero-order valence-electron chi connectivity index (χ0n) is 68.4. The predicted octanol–water partition coefficient (Wildman–Crippen LogP) is 20.7. The Bertz CT molecular complexity index is 4710. The molecular weight excluding hydrogens is 961 g/mol. The van der Waals surface area contributed by atoms with Crippen molar-refractivity contribution in [2.75, 3.05) is 16.5 Å². The van der Waals surface area contributed by atoms with E-state index in [1.165, 1.54) is 0 Å². The molecule has 406 valence electrons. The molecule has 0 amide bonds. The molecule has 0 N–H and O–H groups in total. The van der Waals surface area contributed by atoms with Crippen LogP contribution in [0.3, 0.4) is 0 Å². The van der Waals surface area contributed by atoms with Crippen molar-refractivity contribution in [2.24, 2.45) is 10.8 Å². The van der Waals surface area contributed by atoms with Crippen molar-refractivity contribution in [1.82, 2.24) is 9.55 Å². The summed E-state index contributed by atoms with van der Waals surface area (Å²) < 4.78 is 206. The maximum atomic E-state index is 10.6. The summed E-state index contributed by atoms with van der Waals surface area (Å²) in [5.74, 6) is 1.40. The molecule has 79 heavy (non-hydrogen) atoms. The Labute approximate surface area is 502 Å². The summed E-state index contributed by atoms with van der Waals surface area (Å²) in [6, 6.07) is 37.9. The zero-order chi connectivity index (χ0) is 74.2. The summed E-state index contributed by atoms with van der Waals surface area (Å²) in [5.41, 5.74) is -6.96. The largest absolute Gasteiger partial charge is 0.457 e. The van der Waals surface area contributed by atoms with E-state index in [9.17, 15) is 17.8 Å². The highest BCUT2D eigenvalue weighted by Gasteiger charge is 2.39. The average Bonchev–Trinajstić information content (AvgIpc) is 0.730. The van der Waals surface area contributed by atoms with Crippen LogP contribution < -0.4 is 14.5 Å². The number of fused-ring (bicyclic) bond motifs is 5. The summed E-state index contributed by atoms with van der Waals surface area (Å²) >= 11 is 0. The lowest BCUT2D eigenvalue weighted by Crippen LogP contribution is -2.33. The summed E-state index contributed by atoms with van der Waals surface area (Å²) in [6.45, 7) is 6.95. The summed E-state index contributed by atoms with van der Waals surface area (Å²) in [6.07, 6.45) is -8.83. The molecule has 0 saturated heterocycles. The van der Waals surface area contributed by atoms with Crippen LogP contribution in [0.1, 0.15) is 185 Å². The van der Waals surface area contributed by atoms with Gasteiger partial charge in [-0.15, -0.1) is 0 Å². The Kier molecular flexibility index (Phi) is 8.34. The summed E-state index contributed by atoms with van der Waals surface area (Å²) in [4.78, 5) is 8.70. The van der Waals surface area contributed by atoms with Crippen molar-refractivity contribution in [3.8, 4) is 39.6 Å². The molecule has 0 atom stereocenters. The average molecular weight is 1070 g/mol. The smallest absolute Gasteiger partial charge is 0.137 e. The standard InChI is InChI=1S/C74H84N4O/c1-69(2,3)45-48-34-37-75-67(40-48)78-63-25-18-17-24-56(63)57-32-30-54(44-66(57)78)79-53-23-21-22-52(43-53)76-47-77(65-27-20-19-26-64(65)76)68-58(50-28-33-60-62(41-50)74(15,16)36-35-73(60,13)14)38-49(46-70(4,5)6)39-59(68)55-31-29-51(71(7,8)9)42-61(55)72(10,11)12/h17-34,37-44H,35-36,45-47H2,1-16H3/i13D3,14D3,15D3,16D3,28D,33D,35D2,36D2,41D,45D2. The highest BCUT2D eigenvalue weighted by molar-refractivity contribution is 6.09. The second-order valence-electron chi connectivity index (χ2n) is 25.7. The first kappa shape index (κ1) is 34.1. The first-order valence-electron chi connectivity index (χ1n) is 37.6. The van der Waals surface area contributed by atoms with Crippen LogP contribution in [0.4, 0.5) is 22.7 Å². The third-order valence-corrected chi connectivity index (χ3v) is 14.7. The Morgan fingerprint density at radius 3 is 1.99 bits per heavy atom. The molecular formula is C74H84N4O. The second-order valence-corrected chi connectivity index (χ2v) is 25.7. The van der Waals surface area contributed by atoms with Crippen LogP contribution in [0.2, 0.25) is 0 Å². The van der Waals surface area contributed by atoms with Gasteiger partial charge in [-0.1, -0.05) is 183 Å².